The molecule has 3 rings (SSSR count). The molecule has 2 aliphatic rings. The van der Waals surface area contributed by atoms with Crippen LogP contribution in [0.1, 0.15) is 61.1 Å². The van der Waals surface area contributed by atoms with Crippen molar-refractivity contribution < 1.29 is 4.79 Å². The van der Waals surface area contributed by atoms with Gasteiger partial charge in [0.25, 0.3) is 0 Å². The van der Waals surface area contributed by atoms with Crippen molar-refractivity contribution in [1.82, 2.24) is 0 Å². The highest BCUT2D eigenvalue weighted by Crippen LogP contribution is 2.46. The first-order chi connectivity index (χ1) is 8.29. The molecule has 1 heteroatoms. The van der Waals surface area contributed by atoms with Gasteiger partial charge < -0.3 is 4.79 Å². The molecule has 0 aromatic heterocycles. The van der Waals surface area contributed by atoms with Crippen LogP contribution in [0.4, 0.5) is 0 Å². The maximum Gasteiger partial charge on any atom is 0.127 e. The lowest BCUT2D eigenvalue weighted by atomic mass is 9.80. The van der Waals surface area contributed by atoms with E-state index in [9.17, 15) is 4.79 Å². The molecule has 1 fully saturated rings. The molecule has 1 aromatic carbocycles. The Morgan fingerprint density at radius 2 is 2.12 bits per heavy atom. The summed E-state index contributed by atoms with van der Waals surface area (Å²) in [5.41, 5.74) is 4.29. The van der Waals surface area contributed by atoms with Crippen molar-refractivity contribution in [3.63, 3.8) is 0 Å². The van der Waals surface area contributed by atoms with Gasteiger partial charge in [0, 0.05) is 5.92 Å². The summed E-state index contributed by atoms with van der Waals surface area (Å²) in [6, 6.07) is 6.74. The average Bonchev–Trinajstić information content (AvgIpc) is 2.75. The molecule has 0 heterocycles. The van der Waals surface area contributed by atoms with Crippen LogP contribution in [-0.4, -0.2) is 6.29 Å². The van der Waals surface area contributed by atoms with E-state index in [1.165, 1.54) is 43.2 Å². The minimum atomic E-state index is 0.0444. The summed E-state index contributed by atoms with van der Waals surface area (Å²) >= 11 is 0. The van der Waals surface area contributed by atoms with Crippen molar-refractivity contribution in [3.05, 3.63) is 34.9 Å². The van der Waals surface area contributed by atoms with Crippen LogP contribution in [0.15, 0.2) is 18.2 Å². The van der Waals surface area contributed by atoms with Gasteiger partial charge >= 0.3 is 0 Å². The molecule has 90 valence electrons. The summed E-state index contributed by atoms with van der Waals surface area (Å²) in [7, 11) is 0. The largest absolute Gasteiger partial charge is 0.303 e. The van der Waals surface area contributed by atoms with Gasteiger partial charge in [-0.3, -0.25) is 0 Å². The molecule has 1 nitrogen and oxygen atoms in total. The van der Waals surface area contributed by atoms with Gasteiger partial charge in [0.05, 0.1) is 0 Å². The van der Waals surface area contributed by atoms with Crippen LogP contribution in [-0.2, 0) is 11.2 Å². The number of rotatable bonds is 2. The molecule has 0 radical (unpaired) electrons. The predicted octanol–water partition coefficient (Wildman–Crippen LogP) is 3.82. The summed E-state index contributed by atoms with van der Waals surface area (Å²) in [6.07, 6.45) is 7.88. The van der Waals surface area contributed by atoms with Gasteiger partial charge in [-0.15, -0.1) is 0 Å². The summed E-state index contributed by atoms with van der Waals surface area (Å²) in [5.74, 6) is 1.75. The zero-order valence-corrected chi connectivity index (χ0v) is 10.5. The second-order valence-electron chi connectivity index (χ2n) is 5.74. The van der Waals surface area contributed by atoms with Gasteiger partial charge in [0.2, 0.25) is 0 Å². The fraction of sp³-hybridized carbons (Fsp3) is 0.562. The normalized spacial score (nSPS) is 28.3. The smallest absolute Gasteiger partial charge is 0.127 e. The van der Waals surface area contributed by atoms with E-state index in [2.05, 4.69) is 18.2 Å². The van der Waals surface area contributed by atoms with Crippen molar-refractivity contribution in [1.29, 1.82) is 0 Å². The molecule has 0 saturated heterocycles. The molecule has 0 spiro atoms. The lowest BCUT2D eigenvalue weighted by Gasteiger charge is -2.25. The molecular formula is C16H20O. The Hall–Kier alpha value is -1.11. The van der Waals surface area contributed by atoms with E-state index < -0.39 is 0 Å². The fourth-order valence-corrected chi connectivity index (χ4v) is 3.67. The highest BCUT2D eigenvalue weighted by atomic mass is 16.1. The number of benzene rings is 1. The standard InChI is InChI=1S/C16H20O/c1-11(10-17)12-6-7-16-14(8-12)9-13-4-2-3-5-15(13)16/h6-8,10-11,13,15H,2-5,9H2,1H3/t11-,13-,15-/m1/s1. The third kappa shape index (κ3) is 1.82. The molecule has 1 aromatic rings. The summed E-state index contributed by atoms with van der Waals surface area (Å²) in [6.45, 7) is 1.98. The maximum atomic E-state index is 10.9. The highest BCUT2D eigenvalue weighted by molar-refractivity contribution is 5.62. The third-order valence-corrected chi connectivity index (χ3v) is 4.69. The number of carbonyl (C=O) groups excluding carboxylic acids is 1. The summed E-state index contributed by atoms with van der Waals surface area (Å²) in [5, 5.41) is 0. The second kappa shape index (κ2) is 4.29. The van der Waals surface area contributed by atoms with Crippen LogP contribution < -0.4 is 0 Å². The first-order valence-corrected chi connectivity index (χ1v) is 6.87. The molecule has 0 N–H and O–H groups in total. The van der Waals surface area contributed by atoms with E-state index >= 15 is 0 Å². The van der Waals surface area contributed by atoms with Crippen LogP contribution in [0.25, 0.3) is 0 Å². The molecule has 0 bridgehead atoms. The zero-order valence-electron chi connectivity index (χ0n) is 10.5. The topological polar surface area (TPSA) is 17.1 Å². The quantitative estimate of drug-likeness (QED) is 0.703. The first kappa shape index (κ1) is 11.0. The Bertz CT molecular complexity index is 435. The molecular weight excluding hydrogens is 208 g/mol. The predicted molar refractivity (Wildman–Crippen MR) is 69.3 cm³/mol. The Balaban J connectivity index is 1.93. The number of fused-ring (bicyclic) bond motifs is 3. The Morgan fingerprint density at radius 3 is 2.94 bits per heavy atom. The van der Waals surface area contributed by atoms with Gasteiger partial charge in [-0.05, 0) is 47.8 Å². The van der Waals surface area contributed by atoms with Crippen LogP contribution in [0.2, 0.25) is 0 Å². The average molecular weight is 228 g/mol. The van der Waals surface area contributed by atoms with Gasteiger partial charge in [-0.25, -0.2) is 0 Å². The number of hydrogen-bond donors (Lipinski definition) is 0. The Labute approximate surface area is 103 Å². The van der Waals surface area contributed by atoms with E-state index in [0.29, 0.717) is 0 Å². The van der Waals surface area contributed by atoms with Crippen LogP contribution in [0, 0.1) is 5.92 Å². The van der Waals surface area contributed by atoms with E-state index in [1.54, 1.807) is 5.56 Å². The zero-order chi connectivity index (χ0) is 11.8. The second-order valence-corrected chi connectivity index (χ2v) is 5.74. The lowest BCUT2D eigenvalue weighted by molar-refractivity contribution is -0.108. The maximum absolute atomic E-state index is 10.9. The molecule has 2 aliphatic carbocycles. The van der Waals surface area contributed by atoms with E-state index in [1.807, 2.05) is 6.92 Å². The van der Waals surface area contributed by atoms with Crippen LogP contribution >= 0.6 is 0 Å². The fourth-order valence-electron chi connectivity index (χ4n) is 3.67. The minimum Gasteiger partial charge on any atom is -0.303 e. The Morgan fingerprint density at radius 1 is 1.29 bits per heavy atom. The summed E-state index contributed by atoms with van der Waals surface area (Å²) in [4.78, 5) is 10.9. The third-order valence-electron chi connectivity index (χ3n) is 4.69. The van der Waals surface area contributed by atoms with Crippen molar-refractivity contribution in [3.8, 4) is 0 Å². The summed E-state index contributed by atoms with van der Waals surface area (Å²) < 4.78 is 0. The van der Waals surface area contributed by atoms with Crippen molar-refractivity contribution in [2.24, 2.45) is 5.92 Å². The molecule has 0 amide bonds. The molecule has 17 heavy (non-hydrogen) atoms. The van der Waals surface area contributed by atoms with Gasteiger partial charge in [0.1, 0.15) is 6.29 Å². The van der Waals surface area contributed by atoms with Gasteiger partial charge in [0.15, 0.2) is 0 Å². The van der Waals surface area contributed by atoms with Gasteiger partial charge in [-0.2, -0.15) is 0 Å². The van der Waals surface area contributed by atoms with E-state index in [4.69, 9.17) is 0 Å². The van der Waals surface area contributed by atoms with E-state index in [-0.39, 0.29) is 5.92 Å². The Kier molecular flexibility index (Phi) is 2.78. The van der Waals surface area contributed by atoms with Crippen molar-refractivity contribution in [2.45, 2.75) is 50.9 Å². The monoisotopic (exact) mass is 228 g/mol. The number of hydrogen-bond acceptors (Lipinski definition) is 1. The molecule has 0 aliphatic heterocycles. The highest BCUT2D eigenvalue weighted by Gasteiger charge is 2.34. The minimum absolute atomic E-state index is 0.0444. The molecule has 0 unspecified atom stereocenters. The molecule has 3 atom stereocenters. The number of aldehydes is 1. The van der Waals surface area contributed by atoms with Crippen molar-refractivity contribution >= 4 is 6.29 Å². The van der Waals surface area contributed by atoms with Crippen LogP contribution in [0.5, 0.6) is 0 Å². The van der Waals surface area contributed by atoms with Gasteiger partial charge in [-0.1, -0.05) is 38.0 Å². The SMILES string of the molecule is C[C@H](C=O)c1ccc2c(c1)C[C@H]1CCCC[C@@H]21. The van der Waals surface area contributed by atoms with Crippen LogP contribution in [0.3, 0.4) is 0 Å². The number of carbonyl (C=O) groups is 1. The lowest BCUT2D eigenvalue weighted by Crippen LogP contribution is -2.12. The van der Waals surface area contributed by atoms with E-state index in [0.717, 1.165) is 18.1 Å². The van der Waals surface area contributed by atoms with Crippen molar-refractivity contribution in [2.75, 3.05) is 0 Å². The molecule has 1 saturated carbocycles. The first-order valence-electron chi connectivity index (χ1n) is 6.87.